The molecule has 7 heteroatoms. The molecule has 27 heavy (non-hydrogen) atoms. The number of rotatable bonds is 3. The predicted molar refractivity (Wildman–Crippen MR) is 101 cm³/mol. The molecule has 0 aromatic carbocycles. The molecule has 2 heterocycles. The van der Waals surface area contributed by atoms with Crippen LogP contribution < -0.4 is 0 Å². The van der Waals surface area contributed by atoms with E-state index in [1.807, 2.05) is 9.80 Å². The Morgan fingerprint density at radius 1 is 0.704 bits per heavy atom. The van der Waals surface area contributed by atoms with E-state index < -0.39 is 0 Å². The number of piperidine rings is 1. The smallest absolute Gasteiger partial charge is 0.409 e. The average molecular weight is 380 g/mol. The molecule has 0 N–H and O–H groups in total. The van der Waals surface area contributed by atoms with Crippen molar-refractivity contribution in [2.75, 3.05) is 45.9 Å². The largest absolute Gasteiger partial charge is 0.450 e. The minimum atomic E-state index is -0.292. The molecule has 2 aliphatic heterocycles. The Labute approximate surface area is 162 Å². The van der Waals surface area contributed by atoms with Crippen LogP contribution in [0.3, 0.4) is 0 Å². The Bertz CT molecular complexity index is 531. The Hall–Kier alpha value is -1.79. The number of carbonyl (C=O) groups excluding carboxylic acids is 3. The number of carbonyl (C=O) groups is 3. The highest BCUT2D eigenvalue weighted by Gasteiger charge is 2.34. The van der Waals surface area contributed by atoms with Gasteiger partial charge >= 0.3 is 6.09 Å². The molecule has 3 rings (SSSR count). The van der Waals surface area contributed by atoms with E-state index in [0.29, 0.717) is 51.8 Å². The van der Waals surface area contributed by atoms with Gasteiger partial charge in [-0.25, -0.2) is 4.79 Å². The highest BCUT2D eigenvalue weighted by molar-refractivity contribution is 5.81. The van der Waals surface area contributed by atoms with Gasteiger partial charge in [-0.15, -0.1) is 0 Å². The maximum atomic E-state index is 12.8. The van der Waals surface area contributed by atoms with Crippen LogP contribution in [0.25, 0.3) is 0 Å². The molecule has 0 bridgehead atoms. The third kappa shape index (κ3) is 4.93. The second-order valence-corrected chi connectivity index (χ2v) is 7.95. The van der Waals surface area contributed by atoms with E-state index in [9.17, 15) is 14.4 Å². The van der Waals surface area contributed by atoms with Crippen LogP contribution >= 0.6 is 0 Å². The third-order valence-corrected chi connectivity index (χ3v) is 6.23. The topological polar surface area (TPSA) is 70.2 Å². The van der Waals surface area contributed by atoms with Crippen LogP contribution in [0.4, 0.5) is 4.79 Å². The lowest BCUT2D eigenvalue weighted by Crippen LogP contribution is -2.53. The summed E-state index contributed by atoms with van der Waals surface area (Å²) >= 11 is 0. The monoisotopic (exact) mass is 379 g/mol. The van der Waals surface area contributed by atoms with E-state index in [1.54, 1.807) is 11.8 Å². The van der Waals surface area contributed by atoms with Crippen LogP contribution in [0.1, 0.15) is 51.9 Å². The molecule has 0 spiro atoms. The van der Waals surface area contributed by atoms with Gasteiger partial charge in [0.25, 0.3) is 0 Å². The van der Waals surface area contributed by atoms with E-state index in [4.69, 9.17) is 4.74 Å². The summed E-state index contributed by atoms with van der Waals surface area (Å²) in [5.41, 5.74) is 0. The lowest BCUT2D eigenvalue weighted by molar-refractivity contribution is -0.144. The quantitative estimate of drug-likeness (QED) is 0.753. The van der Waals surface area contributed by atoms with Gasteiger partial charge in [0.05, 0.1) is 6.61 Å². The summed E-state index contributed by atoms with van der Waals surface area (Å²) < 4.78 is 5.02. The fraction of sp³-hybridized carbons (Fsp3) is 0.850. The van der Waals surface area contributed by atoms with Crippen molar-refractivity contribution in [1.82, 2.24) is 14.7 Å². The first kappa shape index (κ1) is 20.0. The first-order valence-electron chi connectivity index (χ1n) is 10.6. The van der Waals surface area contributed by atoms with Crippen molar-refractivity contribution in [2.45, 2.75) is 51.9 Å². The van der Waals surface area contributed by atoms with E-state index in [0.717, 1.165) is 25.7 Å². The summed E-state index contributed by atoms with van der Waals surface area (Å²) in [4.78, 5) is 42.8. The second kappa shape index (κ2) is 9.42. The zero-order chi connectivity index (χ0) is 19.2. The molecule has 3 aliphatic rings. The SMILES string of the molecule is CCOC(=O)N1CCN(C(=O)C2CCN(C(=O)C3CCCCC3)CC2)CC1. The molecular formula is C20H33N3O4. The van der Waals surface area contributed by atoms with Crippen LogP contribution in [-0.2, 0) is 14.3 Å². The predicted octanol–water partition coefficient (Wildman–Crippen LogP) is 2.11. The van der Waals surface area contributed by atoms with E-state index >= 15 is 0 Å². The van der Waals surface area contributed by atoms with Crippen molar-refractivity contribution in [3.05, 3.63) is 0 Å². The number of amides is 3. The molecule has 3 amide bonds. The van der Waals surface area contributed by atoms with Crippen LogP contribution in [0.15, 0.2) is 0 Å². The Morgan fingerprint density at radius 3 is 1.74 bits per heavy atom. The molecular weight excluding hydrogens is 346 g/mol. The summed E-state index contributed by atoms with van der Waals surface area (Å²) in [6.45, 7) is 5.77. The molecule has 0 atom stereocenters. The normalized spacial score (nSPS) is 22.6. The first-order chi connectivity index (χ1) is 13.1. The fourth-order valence-electron chi connectivity index (χ4n) is 4.54. The molecule has 152 valence electrons. The molecule has 1 aliphatic carbocycles. The van der Waals surface area contributed by atoms with Crippen molar-refractivity contribution in [2.24, 2.45) is 11.8 Å². The van der Waals surface area contributed by atoms with Crippen molar-refractivity contribution in [3.8, 4) is 0 Å². The summed E-state index contributed by atoms with van der Waals surface area (Å²) in [6.07, 6.45) is 6.88. The Morgan fingerprint density at radius 2 is 1.19 bits per heavy atom. The van der Waals surface area contributed by atoms with Gasteiger partial charge in [0.15, 0.2) is 0 Å². The van der Waals surface area contributed by atoms with Crippen LogP contribution in [0.5, 0.6) is 0 Å². The number of likely N-dealkylation sites (tertiary alicyclic amines) is 1. The lowest BCUT2D eigenvalue weighted by Gasteiger charge is -2.39. The molecule has 1 saturated carbocycles. The van der Waals surface area contributed by atoms with Gasteiger partial charge in [-0.2, -0.15) is 0 Å². The molecule has 3 fully saturated rings. The summed E-state index contributed by atoms with van der Waals surface area (Å²) in [6, 6.07) is 0. The molecule has 0 aromatic rings. The zero-order valence-corrected chi connectivity index (χ0v) is 16.5. The van der Waals surface area contributed by atoms with Gasteiger partial charge in [0.2, 0.25) is 11.8 Å². The average Bonchev–Trinajstić information content (AvgIpc) is 2.74. The lowest BCUT2D eigenvalue weighted by atomic mass is 9.87. The van der Waals surface area contributed by atoms with Crippen molar-refractivity contribution < 1.29 is 19.1 Å². The molecule has 7 nitrogen and oxygen atoms in total. The summed E-state index contributed by atoms with van der Waals surface area (Å²) in [5, 5.41) is 0. The molecule has 0 unspecified atom stereocenters. The first-order valence-corrected chi connectivity index (χ1v) is 10.6. The summed E-state index contributed by atoms with van der Waals surface area (Å²) in [5.74, 6) is 0.712. The van der Waals surface area contributed by atoms with Crippen LogP contribution in [0.2, 0.25) is 0 Å². The Balaban J connectivity index is 1.42. The van der Waals surface area contributed by atoms with E-state index in [-0.39, 0.29) is 23.8 Å². The minimum Gasteiger partial charge on any atom is -0.450 e. The third-order valence-electron chi connectivity index (χ3n) is 6.23. The van der Waals surface area contributed by atoms with Gasteiger partial charge in [-0.1, -0.05) is 19.3 Å². The zero-order valence-electron chi connectivity index (χ0n) is 16.5. The minimum absolute atomic E-state index is 0.00884. The van der Waals surface area contributed by atoms with E-state index in [1.165, 1.54) is 19.3 Å². The van der Waals surface area contributed by atoms with Crippen molar-refractivity contribution >= 4 is 17.9 Å². The molecule has 0 radical (unpaired) electrons. The standard InChI is InChI=1S/C20H33N3O4/c1-2-27-20(26)23-14-12-22(13-15-23)19(25)17-8-10-21(11-9-17)18(24)16-6-4-3-5-7-16/h16-17H,2-15H2,1H3. The maximum absolute atomic E-state index is 12.8. The maximum Gasteiger partial charge on any atom is 0.409 e. The fourth-order valence-corrected chi connectivity index (χ4v) is 4.54. The van der Waals surface area contributed by atoms with Crippen molar-refractivity contribution in [1.29, 1.82) is 0 Å². The van der Waals surface area contributed by atoms with Gasteiger partial charge < -0.3 is 19.4 Å². The van der Waals surface area contributed by atoms with Gasteiger partial charge in [0, 0.05) is 51.1 Å². The highest BCUT2D eigenvalue weighted by atomic mass is 16.6. The van der Waals surface area contributed by atoms with Gasteiger partial charge in [0.1, 0.15) is 0 Å². The number of nitrogens with zero attached hydrogens (tertiary/aromatic N) is 3. The highest BCUT2D eigenvalue weighted by Crippen LogP contribution is 2.28. The van der Waals surface area contributed by atoms with Crippen molar-refractivity contribution in [3.63, 3.8) is 0 Å². The summed E-state index contributed by atoms with van der Waals surface area (Å²) in [7, 11) is 0. The number of hydrogen-bond acceptors (Lipinski definition) is 4. The molecule has 2 saturated heterocycles. The second-order valence-electron chi connectivity index (χ2n) is 7.95. The molecule has 0 aromatic heterocycles. The van der Waals surface area contributed by atoms with Gasteiger partial charge in [-0.05, 0) is 32.6 Å². The van der Waals surface area contributed by atoms with Crippen LogP contribution in [-0.4, -0.2) is 78.5 Å². The number of ether oxygens (including phenoxy) is 1. The van der Waals surface area contributed by atoms with E-state index in [2.05, 4.69) is 0 Å². The Kier molecular flexibility index (Phi) is 6.96. The number of hydrogen-bond donors (Lipinski definition) is 0. The van der Waals surface area contributed by atoms with Crippen LogP contribution in [0, 0.1) is 11.8 Å². The van der Waals surface area contributed by atoms with Gasteiger partial charge in [-0.3, -0.25) is 9.59 Å². The number of piperazine rings is 1.